The van der Waals surface area contributed by atoms with E-state index in [4.69, 9.17) is 4.74 Å². The van der Waals surface area contributed by atoms with Crippen molar-refractivity contribution in [3.05, 3.63) is 23.8 Å². The van der Waals surface area contributed by atoms with Gasteiger partial charge in [-0.25, -0.2) is 4.98 Å². The molecule has 0 spiro atoms. The molecule has 0 radical (unpaired) electrons. The Morgan fingerprint density at radius 2 is 2.06 bits per heavy atom. The molecule has 0 atom stereocenters. The summed E-state index contributed by atoms with van der Waals surface area (Å²) >= 11 is 0. The van der Waals surface area contributed by atoms with Gasteiger partial charge in [0, 0.05) is 11.6 Å². The van der Waals surface area contributed by atoms with Gasteiger partial charge in [0.25, 0.3) is 5.95 Å². The molecule has 1 aromatic heterocycles. The third-order valence-electron chi connectivity index (χ3n) is 3.35. The lowest BCUT2D eigenvalue weighted by Gasteiger charge is -2.20. The fraction of sp³-hybridized carbons (Fsp3) is 0.643. The maximum absolute atomic E-state index is 13.5. The molecule has 2 rings (SSSR count). The molecule has 0 unspecified atom stereocenters. The fourth-order valence-electron chi connectivity index (χ4n) is 1.55. The first-order valence-electron chi connectivity index (χ1n) is 6.09. The summed E-state index contributed by atoms with van der Waals surface area (Å²) in [6.45, 7) is 8.97. The number of hydrogen-bond acceptors (Lipinski definition) is 2. The molecule has 0 N–H and O–H groups in total. The Bertz CT molecular complexity index is 419. The molecule has 1 aromatic rings. The first kappa shape index (κ1) is 12.3. The maximum Gasteiger partial charge on any atom is 0.255 e. The molecule has 1 saturated carbocycles. The zero-order valence-corrected chi connectivity index (χ0v) is 11.0. The van der Waals surface area contributed by atoms with E-state index >= 15 is 0 Å². The Morgan fingerprint density at radius 1 is 1.41 bits per heavy atom. The molecule has 0 bridgehead atoms. The van der Waals surface area contributed by atoms with E-state index in [1.165, 1.54) is 12.8 Å². The number of pyridine rings is 1. The Hall–Kier alpha value is -1.12. The van der Waals surface area contributed by atoms with Crippen molar-refractivity contribution in [2.45, 2.75) is 46.0 Å². The monoisotopic (exact) mass is 237 g/mol. The average molecular weight is 237 g/mol. The molecule has 17 heavy (non-hydrogen) atoms. The number of halogens is 1. The topological polar surface area (TPSA) is 22.1 Å². The SMILES string of the molecule is CC1(COc2cc(C(C)(C)C)cnc2F)CC1. The van der Waals surface area contributed by atoms with Crippen LogP contribution in [0.25, 0.3) is 0 Å². The first-order chi connectivity index (χ1) is 7.80. The highest BCUT2D eigenvalue weighted by Crippen LogP contribution is 2.45. The molecule has 2 nitrogen and oxygen atoms in total. The molecule has 0 amide bonds. The van der Waals surface area contributed by atoms with E-state index in [1.54, 1.807) is 12.3 Å². The van der Waals surface area contributed by atoms with Crippen LogP contribution in [-0.4, -0.2) is 11.6 Å². The standard InChI is InChI=1S/C14H20FNO/c1-13(2,3)10-7-11(12(15)16-8-10)17-9-14(4)5-6-14/h7-8H,5-6,9H2,1-4H3. The highest BCUT2D eigenvalue weighted by molar-refractivity contribution is 5.29. The molecule has 1 aliphatic rings. The number of hydrogen-bond donors (Lipinski definition) is 0. The second-order valence-electron chi connectivity index (χ2n) is 6.36. The molecule has 1 aliphatic carbocycles. The van der Waals surface area contributed by atoms with Gasteiger partial charge in [-0.15, -0.1) is 0 Å². The maximum atomic E-state index is 13.5. The number of ether oxygens (including phenoxy) is 1. The molecule has 1 fully saturated rings. The van der Waals surface area contributed by atoms with Crippen LogP contribution in [0.2, 0.25) is 0 Å². The summed E-state index contributed by atoms with van der Waals surface area (Å²) in [7, 11) is 0. The highest BCUT2D eigenvalue weighted by atomic mass is 19.1. The number of nitrogens with zero attached hydrogens (tertiary/aromatic N) is 1. The summed E-state index contributed by atoms with van der Waals surface area (Å²) in [5.74, 6) is -0.229. The largest absolute Gasteiger partial charge is 0.488 e. The average Bonchev–Trinajstić information content (AvgIpc) is 2.94. The van der Waals surface area contributed by atoms with Crippen LogP contribution >= 0.6 is 0 Å². The fourth-order valence-corrected chi connectivity index (χ4v) is 1.55. The van der Waals surface area contributed by atoms with E-state index in [2.05, 4.69) is 32.7 Å². The Labute approximate surface area is 102 Å². The molecule has 0 aliphatic heterocycles. The number of aromatic nitrogens is 1. The third-order valence-corrected chi connectivity index (χ3v) is 3.35. The zero-order valence-electron chi connectivity index (χ0n) is 11.0. The summed E-state index contributed by atoms with van der Waals surface area (Å²) in [5.41, 5.74) is 1.21. The van der Waals surface area contributed by atoms with E-state index in [1.807, 2.05) is 0 Å². The van der Waals surface area contributed by atoms with E-state index in [9.17, 15) is 4.39 Å². The summed E-state index contributed by atoms with van der Waals surface area (Å²) in [6, 6.07) is 1.77. The summed E-state index contributed by atoms with van der Waals surface area (Å²) in [5, 5.41) is 0. The highest BCUT2D eigenvalue weighted by Gasteiger charge is 2.38. The minimum absolute atomic E-state index is 0.0394. The van der Waals surface area contributed by atoms with E-state index < -0.39 is 5.95 Å². The van der Waals surface area contributed by atoms with Gasteiger partial charge in [-0.2, -0.15) is 4.39 Å². The van der Waals surface area contributed by atoms with Crippen LogP contribution < -0.4 is 4.74 Å². The minimum Gasteiger partial charge on any atom is -0.488 e. The molecular formula is C14H20FNO. The van der Waals surface area contributed by atoms with Crippen LogP contribution in [-0.2, 0) is 5.41 Å². The molecule has 94 valence electrons. The van der Waals surface area contributed by atoms with Crippen LogP contribution in [0.3, 0.4) is 0 Å². The lowest BCUT2D eigenvalue weighted by atomic mass is 9.88. The van der Waals surface area contributed by atoms with Gasteiger partial charge in [0.1, 0.15) is 0 Å². The van der Waals surface area contributed by atoms with Crippen molar-refractivity contribution in [2.24, 2.45) is 5.41 Å². The minimum atomic E-state index is -0.512. The van der Waals surface area contributed by atoms with Crippen LogP contribution in [0.1, 0.15) is 46.1 Å². The molecule has 0 aromatic carbocycles. The second kappa shape index (κ2) is 3.97. The lowest BCUT2D eigenvalue weighted by molar-refractivity contribution is 0.234. The Morgan fingerprint density at radius 3 is 2.59 bits per heavy atom. The van der Waals surface area contributed by atoms with Gasteiger partial charge in [0.05, 0.1) is 6.61 Å². The van der Waals surface area contributed by atoms with E-state index in [-0.39, 0.29) is 16.6 Å². The normalized spacial score (nSPS) is 17.9. The van der Waals surface area contributed by atoms with Crippen LogP contribution in [0.5, 0.6) is 5.75 Å². The third kappa shape index (κ3) is 2.96. The van der Waals surface area contributed by atoms with E-state index in [0.717, 1.165) is 5.56 Å². The van der Waals surface area contributed by atoms with Crippen LogP contribution in [0.15, 0.2) is 12.3 Å². The van der Waals surface area contributed by atoms with Crippen molar-refractivity contribution >= 4 is 0 Å². The van der Waals surface area contributed by atoms with Crippen molar-refractivity contribution in [1.82, 2.24) is 4.98 Å². The number of rotatable bonds is 3. The second-order valence-corrected chi connectivity index (χ2v) is 6.36. The summed E-state index contributed by atoms with van der Waals surface area (Å²) in [4.78, 5) is 3.77. The van der Waals surface area contributed by atoms with Crippen LogP contribution in [0, 0.1) is 11.4 Å². The van der Waals surface area contributed by atoms with Crippen molar-refractivity contribution in [3.8, 4) is 5.75 Å². The smallest absolute Gasteiger partial charge is 0.255 e. The van der Waals surface area contributed by atoms with Crippen LogP contribution in [0.4, 0.5) is 4.39 Å². The van der Waals surface area contributed by atoms with E-state index in [0.29, 0.717) is 6.61 Å². The first-order valence-corrected chi connectivity index (χ1v) is 6.09. The lowest BCUT2D eigenvalue weighted by Crippen LogP contribution is -2.14. The molecule has 1 heterocycles. The van der Waals surface area contributed by atoms with Gasteiger partial charge in [0.2, 0.25) is 0 Å². The molecule has 3 heteroatoms. The van der Waals surface area contributed by atoms with Crippen molar-refractivity contribution in [3.63, 3.8) is 0 Å². The van der Waals surface area contributed by atoms with Gasteiger partial charge in [-0.3, -0.25) is 0 Å². The van der Waals surface area contributed by atoms with Gasteiger partial charge >= 0.3 is 0 Å². The predicted octanol–water partition coefficient (Wildman–Crippen LogP) is 3.70. The summed E-state index contributed by atoms with van der Waals surface area (Å²) < 4.78 is 19.1. The summed E-state index contributed by atoms with van der Waals surface area (Å²) in [6.07, 6.45) is 3.92. The zero-order chi connectivity index (χ0) is 12.7. The molecule has 0 saturated heterocycles. The van der Waals surface area contributed by atoms with Gasteiger partial charge < -0.3 is 4.74 Å². The van der Waals surface area contributed by atoms with Crippen molar-refractivity contribution in [1.29, 1.82) is 0 Å². The van der Waals surface area contributed by atoms with Gasteiger partial charge in [-0.1, -0.05) is 27.7 Å². The predicted molar refractivity (Wildman–Crippen MR) is 65.7 cm³/mol. The molecular weight excluding hydrogens is 217 g/mol. The Balaban J connectivity index is 2.14. The Kier molecular flexibility index (Phi) is 2.88. The van der Waals surface area contributed by atoms with Gasteiger partial charge in [-0.05, 0) is 29.9 Å². The van der Waals surface area contributed by atoms with Crippen molar-refractivity contribution < 1.29 is 9.13 Å². The van der Waals surface area contributed by atoms with Crippen molar-refractivity contribution in [2.75, 3.05) is 6.61 Å². The quantitative estimate of drug-likeness (QED) is 0.748. The van der Waals surface area contributed by atoms with Gasteiger partial charge in [0.15, 0.2) is 5.75 Å².